The van der Waals surface area contributed by atoms with E-state index in [1.807, 2.05) is 4.90 Å². The maximum Gasteiger partial charge on any atom is 0.317 e. The Kier molecular flexibility index (Phi) is 7.82. The molecule has 6 nitrogen and oxygen atoms in total. The van der Waals surface area contributed by atoms with Gasteiger partial charge in [-0.05, 0) is 12.8 Å². The summed E-state index contributed by atoms with van der Waals surface area (Å²) in [6, 6.07) is 0.371. The van der Waals surface area contributed by atoms with Crippen LogP contribution in [0, 0.1) is 0 Å². The molecule has 0 atom stereocenters. The SMILES string of the molecule is Cl.NCCC(=O)N1CCN(C(=O)NC2CCCCC2)CC1. The van der Waals surface area contributed by atoms with Gasteiger partial charge in [-0.2, -0.15) is 0 Å². The van der Waals surface area contributed by atoms with Crippen LogP contribution in [0.2, 0.25) is 0 Å². The van der Waals surface area contributed by atoms with Crippen molar-refractivity contribution < 1.29 is 9.59 Å². The molecule has 122 valence electrons. The molecular weight excluding hydrogens is 292 g/mol. The molecule has 0 spiro atoms. The Morgan fingerprint density at radius 2 is 1.57 bits per heavy atom. The van der Waals surface area contributed by atoms with Crippen LogP contribution < -0.4 is 11.1 Å². The highest BCUT2D eigenvalue weighted by Gasteiger charge is 2.25. The summed E-state index contributed by atoms with van der Waals surface area (Å²) in [5.74, 6) is 0.0971. The summed E-state index contributed by atoms with van der Waals surface area (Å²) >= 11 is 0. The smallest absolute Gasteiger partial charge is 0.317 e. The maximum atomic E-state index is 12.2. The zero-order valence-electron chi connectivity index (χ0n) is 12.6. The zero-order valence-corrected chi connectivity index (χ0v) is 13.4. The predicted octanol–water partition coefficient (Wildman–Crippen LogP) is 0.943. The summed E-state index contributed by atoms with van der Waals surface area (Å²) < 4.78 is 0. The summed E-state index contributed by atoms with van der Waals surface area (Å²) in [5.41, 5.74) is 5.39. The molecule has 1 saturated heterocycles. The Bertz CT molecular complexity index is 340. The van der Waals surface area contributed by atoms with Gasteiger partial charge in [-0.1, -0.05) is 19.3 Å². The number of hydrogen-bond donors (Lipinski definition) is 2. The molecule has 0 bridgehead atoms. The van der Waals surface area contributed by atoms with E-state index in [0.717, 1.165) is 12.8 Å². The van der Waals surface area contributed by atoms with E-state index in [0.29, 0.717) is 45.2 Å². The summed E-state index contributed by atoms with van der Waals surface area (Å²) in [6.45, 7) is 2.87. The first-order valence-corrected chi connectivity index (χ1v) is 7.74. The van der Waals surface area contributed by atoms with Crippen molar-refractivity contribution in [1.82, 2.24) is 15.1 Å². The fraction of sp³-hybridized carbons (Fsp3) is 0.857. The Morgan fingerprint density at radius 1 is 1.00 bits per heavy atom. The van der Waals surface area contributed by atoms with E-state index in [1.165, 1.54) is 19.3 Å². The van der Waals surface area contributed by atoms with E-state index in [-0.39, 0.29) is 24.3 Å². The molecule has 2 fully saturated rings. The third-order valence-corrected chi connectivity index (χ3v) is 4.21. The van der Waals surface area contributed by atoms with Crippen LogP contribution in [0.25, 0.3) is 0 Å². The fourth-order valence-corrected chi connectivity index (χ4v) is 2.95. The second kappa shape index (κ2) is 9.10. The van der Waals surface area contributed by atoms with Crippen LogP contribution in [0.1, 0.15) is 38.5 Å². The van der Waals surface area contributed by atoms with Crippen LogP contribution in [0.15, 0.2) is 0 Å². The van der Waals surface area contributed by atoms with Crippen LogP contribution in [-0.2, 0) is 4.79 Å². The third-order valence-electron chi connectivity index (χ3n) is 4.21. The number of nitrogens with two attached hydrogens (primary N) is 1. The van der Waals surface area contributed by atoms with Gasteiger partial charge in [0.1, 0.15) is 0 Å². The Morgan fingerprint density at radius 3 is 2.14 bits per heavy atom. The van der Waals surface area contributed by atoms with Crippen LogP contribution >= 0.6 is 12.4 Å². The van der Waals surface area contributed by atoms with Gasteiger partial charge in [0.05, 0.1) is 0 Å². The van der Waals surface area contributed by atoms with Gasteiger partial charge in [0.15, 0.2) is 0 Å². The second-order valence-corrected chi connectivity index (χ2v) is 5.69. The second-order valence-electron chi connectivity index (χ2n) is 5.69. The van der Waals surface area contributed by atoms with Gasteiger partial charge < -0.3 is 20.9 Å². The number of carbonyl (C=O) groups excluding carboxylic acids is 2. The molecule has 0 aromatic rings. The van der Waals surface area contributed by atoms with Crippen molar-refractivity contribution in [3.05, 3.63) is 0 Å². The van der Waals surface area contributed by atoms with Gasteiger partial charge >= 0.3 is 6.03 Å². The van der Waals surface area contributed by atoms with Crippen LogP contribution in [0.4, 0.5) is 4.79 Å². The van der Waals surface area contributed by atoms with Crippen molar-refractivity contribution in [3.63, 3.8) is 0 Å². The molecule has 2 aliphatic rings. The predicted molar refractivity (Wildman–Crippen MR) is 84.5 cm³/mol. The molecular formula is C14H27ClN4O2. The third kappa shape index (κ3) is 5.36. The highest BCUT2D eigenvalue weighted by molar-refractivity contribution is 5.85. The highest BCUT2D eigenvalue weighted by Crippen LogP contribution is 2.17. The number of piperazine rings is 1. The van der Waals surface area contributed by atoms with E-state index < -0.39 is 0 Å². The van der Waals surface area contributed by atoms with E-state index in [1.54, 1.807) is 4.90 Å². The van der Waals surface area contributed by atoms with Crippen LogP contribution in [0.3, 0.4) is 0 Å². The number of amides is 3. The molecule has 21 heavy (non-hydrogen) atoms. The minimum atomic E-state index is 0. The lowest BCUT2D eigenvalue weighted by molar-refractivity contribution is -0.132. The average molecular weight is 319 g/mol. The van der Waals surface area contributed by atoms with Crippen molar-refractivity contribution >= 4 is 24.3 Å². The fourth-order valence-electron chi connectivity index (χ4n) is 2.95. The van der Waals surface area contributed by atoms with Crippen molar-refractivity contribution in [2.75, 3.05) is 32.7 Å². The van der Waals surface area contributed by atoms with E-state index >= 15 is 0 Å². The topological polar surface area (TPSA) is 78.7 Å². The number of nitrogens with one attached hydrogen (secondary N) is 1. The van der Waals surface area contributed by atoms with Gasteiger partial charge in [-0.25, -0.2) is 4.79 Å². The van der Waals surface area contributed by atoms with Crippen molar-refractivity contribution in [3.8, 4) is 0 Å². The van der Waals surface area contributed by atoms with E-state index in [4.69, 9.17) is 5.73 Å². The number of hydrogen-bond acceptors (Lipinski definition) is 3. The minimum absolute atomic E-state index is 0. The Balaban J connectivity index is 0.00000220. The molecule has 3 amide bonds. The molecule has 1 aliphatic heterocycles. The first kappa shape index (κ1) is 18.0. The summed E-state index contributed by atoms with van der Waals surface area (Å²) in [6.07, 6.45) is 6.31. The zero-order chi connectivity index (χ0) is 14.4. The molecule has 3 N–H and O–H groups in total. The largest absolute Gasteiger partial charge is 0.339 e. The summed E-state index contributed by atoms with van der Waals surface area (Å²) in [5, 5.41) is 3.12. The minimum Gasteiger partial charge on any atom is -0.339 e. The lowest BCUT2D eigenvalue weighted by atomic mass is 9.96. The van der Waals surface area contributed by atoms with Gasteiger partial charge in [-0.3, -0.25) is 4.79 Å². The molecule has 0 aromatic heterocycles. The highest BCUT2D eigenvalue weighted by atomic mass is 35.5. The van der Waals surface area contributed by atoms with Gasteiger partial charge in [-0.15, -0.1) is 12.4 Å². The molecule has 7 heteroatoms. The van der Waals surface area contributed by atoms with Crippen molar-refractivity contribution in [2.24, 2.45) is 5.73 Å². The number of rotatable bonds is 3. The number of halogens is 1. The molecule has 1 heterocycles. The van der Waals surface area contributed by atoms with E-state index in [9.17, 15) is 9.59 Å². The van der Waals surface area contributed by atoms with Crippen molar-refractivity contribution in [2.45, 2.75) is 44.6 Å². The lowest BCUT2D eigenvalue weighted by Gasteiger charge is -2.36. The number of nitrogens with zero attached hydrogens (tertiary/aromatic N) is 2. The van der Waals surface area contributed by atoms with Gasteiger partial charge in [0, 0.05) is 45.2 Å². The van der Waals surface area contributed by atoms with Gasteiger partial charge in [0.2, 0.25) is 5.91 Å². The van der Waals surface area contributed by atoms with Crippen LogP contribution in [-0.4, -0.2) is 60.5 Å². The maximum absolute atomic E-state index is 12.2. The Labute approximate surface area is 132 Å². The summed E-state index contributed by atoms with van der Waals surface area (Å²) in [7, 11) is 0. The summed E-state index contributed by atoms with van der Waals surface area (Å²) in [4.78, 5) is 27.5. The quantitative estimate of drug-likeness (QED) is 0.813. The normalized spacial score (nSPS) is 19.9. The monoisotopic (exact) mass is 318 g/mol. The van der Waals surface area contributed by atoms with Crippen LogP contribution in [0.5, 0.6) is 0 Å². The van der Waals surface area contributed by atoms with E-state index in [2.05, 4.69) is 5.32 Å². The standard InChI is InChI=1S/C14H26N4O2.ClH/c15-7-6-13(19)17-8-10-18(11-9-17)14(20)16-12-4-2-1-3-5-12;/h12H,1-11,15H2,(H,16,20);1H. The first-order valence-electron chi connectivity index (χ1n) is 7.74. The first-order chi connectivity index (χ1) is 9.70. The molecule has 0 unspecified atom stereocenters. The average Bonchev–Trinajstić information content (AvgIpc) is 2.48. The Hall–Kier alpha value is -1.01. The number of carbonyl (C=O) groups is 2. The molecule has 1 aliphatic carbocycles. The molecule has 1 saturated carbocycles. The molecule has 0 radical (unpaired) electrons. The molecule has 0 aromatic carbocycles. The van der Waals surface area contributed by atoms with Crippen molar-refractivity contribution in [1.29, 1.82) is 0 Å². The lowest BCUT2D eigenvalue weighted by Crippen LogP contribution is -2.54. The van der Waals surface area contributed by atoms with Gasteiger partial charge in [0.25, 0.3) is 0 Å². The number of urea groups is 1. The molecule has 2 rings (SSSR count).